The molecule has 1 amide bonds. The number of ether oxygens (including phenoxy) is 1. The van der Waals surface area contributed by atoms with E-state index in [1.165, 1.54) is 11.3 Å². The number of amides is 1. The highest BCUT2D eigenvalue weighted by Gasteiger charge is 2.33. The van der Waals surface area contributed by atoms with Gasteiger partial charge in [0, 0.05) is 30.7 Å². The molecule has 0 saturated carbocycles. The van der Waals surface area contributed by atoms with E-state index in [9.17, 15) is 18.0 Å². The van der Waals surface area contributed by atoms with Gasteiger partial charge >= 0.3 is 6.18 Å². The van der Waals surface area contributed by atoms with Crippen LogP contribution in [-0.4, -0.2) is 40.0 Å². The first-order chi connectivity index (χ1) is 10.9. The first-order valence-electron chi connectivity index (χ1n) is 6.82. The first-order valence-corrected chi connectivity index (χ1v) is 7.70. The van der Waals surface area contributed by atoms with Crippen LogP contribution >= 0.6 is 11.3 Å². The number of nitrogens with zero attached hydrogens (tertiary/aromatic N) is 3. The largest absolute Gasteiger partial charge is 0.465 e. The molecule has 23 heavy (non-hydrogen) atoms. The van der Waals surface area contributed by atoms with Gasteiger partial charge in [0.05, 0.1) is 12.1 Å². The molecule has 1 aliphatic rings. The third kappa shape index (κ3) is 3.61. The van der Waals surface area contributed by atoms with Gasteiger partial charge in [0.2, 0.25) is 0 Å². The molecule has 1 atom stereocenters. The Balaban J connectivity index is 1.62. The van der Waals surface area contributed by atoms with Gasteiger partial charge in [-0.2, -0.15) is 13.2 Å². The summed E-state index contributed by atoms with van der Waals surface area (Å²) >= 11 is 1.37. The Labute approximate surface area is 133 Å². The monoisotopic (exact) mass is 343 g/mol. The van der Waals surface area contributed by atoms with Gasteiger partial charge in [0.25, 0.3) is 11.1 Å². The van der Waals surface area contributed by atoms with Crippen LogP contribution in [-0.2, 0) is 6.18 Å². The first kappa shape index (κ1) is 15.7. The number of thiazole rings is 1. The number of hydrogen-bond donors (Lipinski definition) is 0. The molecule has 122 valence electrons. The summed E-state index contributed by atoms with van der Waals surface area (Å²) in [6, 6.07) is 1.96. The molecule has 0 aromatic carbocycles. The van der Waals surface area contributed by atoms with Crippen molar-refractivity contribution in [2.24, 2.45) is 0 Å². The van der Waals surface area contributed by atoms with Crippen LogP contribution in [0.5, 0.6) is 5.19 Å². The van der Waals surface area contributed by atoms with Crippen molar-refractivity contribution in [1.82, 2.24) is 14.9 Å². The van der Waals surface area contributed by atoms with Gasteiger partial charge in [0.1, 0.15) is 11.8 Å². The van der Waals surface area contributed by atoms with Crippen molar-refractivity contribution in [3.05, 3.63) is 41.2 Å². The molecule has 9 heteroatoms. The summed E-state index contributed by atoms with van der Waals surface area (Å²) in [5, 5.41) is 2.33. The van der Waals surface area contributed by atoms with Crippen molar-refractivity contribution in [3.63, 3.8) is 0 Å². The molecule has 0 N–H and O–H groups in total. The minimum Gasteiger partial charge on any atom is -0.465 e. The van der Waals surface area contributed by atoms with Crippen LogP contribution in [0.25, 0.3) is 0 Å². The Morgan fingerprint density at radius 2 is 2.17 bits per heavy atom. The molecule has 1 fully saturated rings. The van der Waals surface area contributed by atoms with E-state index in [2.05, 4.69) is 9.97 Å². The number of alkyl halides is 3. The van der Waals surface area contributed by atoms with Crippen molar-refractivity contribution >= 4 is 17.2 Å². The maximum atomic E-state index is 12.5. The molecular weight excluding hydrogens is 331 g/mol. The molecule has 2 aromatic heterocycles. The van der Waals surface area contributed by atoms with E-state index in [1.807, 2.05) is 0 Å². The lowest BCUT2D eigenvalue weighted by molar-refractivity contribution is -0.141. The van der Waals surface area contributed by atoms with E-state index >= 15 is 0 Å². The molecule has 1 aliphatic heterocycles. The summed E-state index contributed by atoms with van der Waals surface area (Å²) in [4.78, 5) is 21.2. The fourth-order valence-electron chi connectivity index (χ4n) is 2.29. The van der Waals surface area contributed by atoms with Gasteiger partial charge in [-0.15, -0.1) is 0 Å². The van der Waals surface area contributed by atoms with Crippen molar-refractivity contribution in [2.45, 2.75) is 18.7 Å². The Hall–Kier alpha value is -2.16. The minimum absolute atomic E-state index is 0.132. The summed E-state index contributed by atoms with van der Waals surface area (Å²) < 4.78 is 43.1. The van der Waals surface area contributed by atoms with E-state index in [0.717, 1.165) is 18.3 Å². The summed E-state index contributed by atoms with van der Waals surface area (Å²) in [6.07, 6.45) is -1.43. The molecule has 1 unspecified atom stereocenters. The Morgan fingerprint density at radius 1 is 1.35 bits per heavy atom. The summed E-state index contributed by atoms with van der Waals surface area (Å²) in [7, 11) is 0. The summed E-state index contributed by atoms with van der Waals surface area (Å²) in [6.45, 7) is 0.856. The number of likely N-dealkylation sites (tertiary alicyclic amines) is 1. The zero-order valence-electron chi connectivity index (χ0n) is 11.8. The highest BCUT2D eigenvalue weighted by Crippen LogP contribution is 2.27. The second-order valence-electron chi connectivity index (χ2n) is 5.01. The molecule has 2 aromatic rings. The van der Waals surface area contributed by atoms with Gasteiger partial charge in [-0.1, -0.05) is 11.3 Å². The van der Waals surface area contributed by atoms with E-state index in [0.29, 0.717) is 24.7 Å². The molecule has 3 heterocycles. The zero-order valence-corrected chi connectivity index (χ0v) is 12.6. The third-order valence-corrected chi connectivity index (χ3v) is 4.07. The van der Waals surface area contributed by atoms with Crippen LogP contribution < -0.4 is 4.74 Å². The van der Waals surface area contributed by atoms with Crippen LogP contribution in [0.15, 0.2) is 29.9 Å². The molecule has 0 spiro atoms. The smallest absolute Gasteiger partial charge is 0.433 e. The van der Waals surface area contributed by atoms with Gasteiger partial charge in [-0.05, 0) is 12.1 Å². The van der Waals surface area contributed by atoms with E-state index < -0.39 is 11.9 Å². The van der Waals surface area contributed by atoms with Gasteiger partial charge in [-0.3, -0.25) is 9.78 Å². The zero-order chi connectivity index (χ0) is 16.4. The normalized spacial score (nSPS) is 18.2. The highest BCUT2D eigenvalue weighted by atomic mass is 32.1. The second-order valence-corrected chi connectivity index (χ2v) is 5.86. The maximum Gasteiger partial charge on any atom is 0.433 e. The number of hydrogen-bond acceptors (Lipinski definition) is 5. The average molecular weight is 343 g/mol. The second kappa shape index (κ2) is 6.15. The number of aromatic nitrogens is 2. The Bertz CT molecular complexity index is 674. The molecule has 0 aliphatic carbocycles. The van der Waals surface area contributed by atoms with Crippen LogP contribution in [0.2, 0.25) is 0 Å². The van der Waals surface area contributed by atoms with E-state index in [4.69, 9.17) is 4.74 Å². The molecule has 3 rings (SSSR count). The topological polar surface area (TPSA) is 55.3 Å². The highest BCUT2D eigenvalue weighted by molar-refractivity contribution is 7.11. The lowest BCUT2D eigenvalue weighted by Gasteiger charge is -2.16. The van der Waals surface area contributed by atoms with E-state index in [1.54, 1.807) is 16.5 Å². The van der Waals surface area contributed by atoms with Crippen molar-refractivity contribution in [3.8, 4) is 5.19 Å². The van der Waals surface area contributed by atoms with Crippen molar-refractivity contribution in [1.29, 1.82) is 0 Å². The number of carbonyl (C=O) groups is 1. The van der Waals surface area contributed by atoms with Crippen LogP contribution in [0, 0.1) is 0 Å². The number of pyridine rings is 1. The maximum absolute atomic E-state index is 12.5. The number of halogens is 3. The minimum atomic E-state index is -4.51. The Morgan fingerprint density at radius 3 is 2.78 bits per heavy atom. The van der Waals surface area contributed by atoms with Crippen molar-refractivity contribution in [2.75, 3.05) is 13.1 Å². The Kier molecular flexibility index (Phi) is 4.20. The molecule has 0 radical (unpaired) electrons. The summed E-state index contributed by atoms with van der Waals surface area (Å²) in [5.74, 6) is -0.350. The van der Waals surface area contributed by atoms with Crippen LogP contribution in [0.1, 0.15) is 22.5 Å². The SMILES string of the molecule is O=C(c1ccc(C(F)(F)F)nc1)N1CCC(Oc2nccs2)C1. The average Bonchev–Trinajstić information content (AvgIpc) is 3.18. The van der Waals surface area contributed by atoms with Gasteiger partial charge in [0.15, 0.2) is 0 Å². The standard InChI is InChI=1S/C14H12F3N3O2S/c15-14(16,17)11-2-1-9(7-19-11)12(21)20-5-3-10(8-20)22-13-18-4-6-23-13/h1-2,4,6-7,10H,3,5,8H2. The predicted octanol–water partition coefficient (Wildman–Crippen LogP) is 2.85. The number of rotatable bonds is 3. The lowest BCUT2D eigenvalue weighted by Crippen LogP contribution is -2.31. The summed E-state index contributed by atoms with van der Waals surface area (Å²) in [5.41, 5.74) is -0.881. The molecule has 1 saturated heterocycles. The molecular formula is C14H12F3N3O2S. The van der Waals surface area contributed by atoms with Gasteiger partial charge in [-0.25, -0.2) is 4.98 Å². The van der Waals surface area contributed by atoms with Crippen molar-refractivity contribution < 1.29 is 22.7 Å². The third-order valence-electron chi connectivity index (χ3n) is 3.41. The predicted molar refractivity (Wildman–Crippen MR) is 76.3 cm³/mol. The number of carbonyl (C=O) groups excluding carboxylic acids is 1. The fraction of sp³-hybridized carbons (Fsp3) is 0.357. The fourth-order valence-corrected chi connectivity index (χ4v) is 2.84. The van der Waals surface area contributed by atoms with E-state index in [-0.39, 0.29) is 17.6 Å². The van der Waals surface area contributed by atoms with Crippen LogP contribution in [0.3, 0.4) is 0 Å². The quantitative estimate of drug-likeness (QED) is 0.860. The molecule has 5 nitrogen and oxygen atoms in total. The van der Waals surface area contributed by atoms with Crippen LogP contribution in [0.4, 0.5) is 13.2 Å². The van der Waals surface area contributed by atoms with Gasteiger partial charge < -0.3 is 9.64 Å². The lowest BCUT2D eigenvalue weighted by atomic mass is 10.2. The molecule has 0 bridgehead atoms.